The Morgan fingerprint density at radius 3 is 2.75 bits per heavy atom. The number of methoxy groups -OCH3 is 2. The van der Waals surface area contributed by atoms with E-state index in [1.807, 2.05) is 4.90 Å². The molecule has 0 saturated carbocycles. The van der Waals surface area contributed by atoms with Gasteiger partial charge in [0.1, 0.15) is 4.88 Å². The van der Waals surface area contributed by atoms with Crippen molar-refractivity contribution in [3.63, 3.8) is 0 Å². The molecule has 2 heterocycles. The third kappa shape index (κ3) is 3.76. The van der Waals surface area contributed by atoms with E-state index < -0.39 is 0 Å². The van der Waals surface area contributed by atoms with Crippen molar-refractivity contribution in [1.82, 2.24) is 15.2 Å². The van der Waals surface area contributed by atoms with Crippen molar-refractivity contribution in [2.24, 2.45) is 0 Å². The highest BCUT2D eigenvalue weighted by molar-refractivity contribution is 7.13. The van der Waals surface area contributed by atoms with Crippen LogP contribution in [0.3, 0.4) is 0 Å². The minimum Gasteiger partial charge on any atom is -0.384 e. The lowest BCUT2D eigenvalue weighted by molar-refractivity contribution is 0.0735. The predicted molar refractivity (Wildman–Crippen MR) is 77.2 cm³/mol. The molecule has 0 aromatic carbocycles. The monoisotopic (exact) mass is 299 g/mol. The summed E-state index contributed by atoms with van der Waals surface area (Å²) in [4.78, 5) is 19.7. The average Bonchev–Trinajstić information content (AvgIpc) is 2.88. The molecule has 1 aliphatic heterocycles. The van der Waals surface area contributed by atoms with Crippen molar-refractivity contribution >= 4 is 17.2 Å². The molecule has 6 nitrogen and oxygen atoms in total. The molecule has 2 rings (SSSR count). The molecular weight excluding hydrogens is 278 g/mol. The van der Waals surface area contributed by atoms with Crippen LogP contribution in [-0.4, -0.2) is 62.8 Å². The third-order valence-electron chi connectivity index (χ3n) is 3.14. The van der Waals surface area contributed by atoms with Crippen molar-refractivity contribution in [2.45, 2.75) is 13.0 Å². The van der Waals surface area contributed by atoms with Gasteiger partial charge in [0, 0.05) is 46.8 Å². The molecule has 7 heteroatoms. The molecule has 0 aliphatic carbocycles. The number of nitrogens with zero attached hydrogens (tertiary/aromatic N) is 2. The van der Waals surface area contributed by atoms with Crippen LogP contribution in [0.2, 0.25) is 0 Å². The zero-order chi connectivity index (χ0) is 14.4. The molecule has 1 amide bonds. The lowest BCUT2D eigenvalue weighted by Crippen LogP contribution is -2.46. The standard InChI is InChI=1S/C13H21N3O3S/c1-18-8-3-11-15-10(9-19-2)12(20-11)13(17)16-6-4-14-5-7-16/h14H,3-9H2,1-2H3. The molecule has 0 radical (unpaired) electrons. The van der Waals surface area contributed by atoms with Crippen LogP contribution in [0.25, 0.3) is 0 Å². The maximum Gasteiger partial charge on any atom is 0.266 e. The second kappa shape index (κ2) is 7.68. The number of nitrogens with one attached hydrogen (secondary N) is 1. The van der Waals surface area contributed by atoms with Crippen LogP contribution in [0, 0.1) is 0 Å². The summed E-state index contributed by atoms with van der Waals surface area (Å²) in [5, 5.41) is 4.17. The molecule has 0 atom stereocenters. The highest BCUT2D eigenvalue weighted by Crippen LogP contribution is 2.22. The number of ether oxygens (including phenoxy) is 2. The summed E-state index contributed by atoms with van der Waals surface area (Å²) >= 11 is 1.46. The molecule has 112 valence electrons. The predicted octanol–water partition coefficient (Wildman–Crippen LogP) is 0.524. The van der Waals surface area contributed by atoms with Gasteiger partial charge in [-0.2, -0.15) is 0 Å². The van der Waals surface area contributed by atoms with Crippen molar-refractivity contribution in [2.75, 3.05) is 47.0 Å². The first-order valence-electron chi connectivity index (χ1n) is 6.72. The van der Waals surface area contributed by atoms with Gasteiger partial charge in [-0.1, -0.05) is 0 Å². The van der Waals surface area contributed by atoms with Crippen LogP contribution in [0.5, 0.6) is 0 Å². The van der Waals surface area contributed by atoms with Crippen LogP contribution >= 0.6 is 11.3 Å². The second-order valence-electron chi connectivity index (χ2n) is 4.60. The topological polar surface area (TPSA) is 63.7 Å². The van der Waals surface area contributed by atoms with Gasteiger partial charge in [0.25, 0.3) is 5.91 Å². The Morgan fingerprint density at radius 1 is 1.35 bits per heavy atom. The Bertz CT molecular complexity index is 444. The van der Waals surface area contributed by atoms with Crippen LogP contribution in [0.4, 0.5) is 0 Å². The van der Waals surface area contributed by atoms with Crippen LogP contribution in [0.1, 0.15) is 20.4 Å². The van der Waals surface area contributed by atoms with Gasteiger partial charge >= 0.3 is 0 Å². The largest absolute Gasteiger partial charge is 0.384 e. The van der Waals surface area contributed by atoms with Gasteiger partial charge < -0.3 is 19.7 Å². The van der Waals surface area contributed by atoms with Crippen molar-refractivity contribution in [1.29, 1.82) is 0 Å². The SMILES string of the molecule is COCCc1nc(COC)c(C(=O)N2CCNCC2)s1. The van der Waals surface area contributed by atoms with E-state index in [1.54, 1.807) is 14.2 Å². The average molecular weight is 299 g/mol. The number of thiazole rings is 1. The van der Waals surface area contributed by atoms with Crippen molar-refractivity contribution < 1.29 is 14.3 Å². The van der Waals surface area contributed by atoms with E-state index >= 15 is 0 Å². The summed E-state index contributed by atoms with van der Waals surface area (Å²) in [6, 6.07) is 0. The minimum atomic E-state index is 0.0692. The summed E-state index contributed by atoms with van der Waals surface area (Å²) in [5.74, 6) is 0.0692. The Hall–Kier alpha value is -1.02. The zero-order valence-electron chi connectivity index (χ0n) is 12.0. The molecule has 1 saturated heterocycles. The van der Waals surface area contributed by atoms with Gasteiger partial charge in [-0.3, -0.25) is 4.79 Å². The van der Waals surface area contributed by atoms with Gasteiger partial charge in [-0.05, 0) is 0 Å². The molecule has 20 heavy (non-hydrogen) atoms. The Kier molecular flexibility index (Phi) is 5.90. The highest BCUT2D eigenvalue weighted by Gasteiger charge is 2.24. The van der Waals surface area contributed by atoms with E-state index in [2.05, 4.69) is 10.3 Å². The lowest BCUT2D eigenvalue weighted by Gasteiger charge is -2.27. The van der Waals surface area contributed by atoms with Gasteiger partial charge in [0.2, 0.25) is 0 Å². The minimum absolute atomic E-state index is 0.0692. The number of hydrogen-bond acceptors (Lipinski definition) is 6. The number of aromatic nitrogens is 1. The maximum atomic E-state index is 12.6. The molecule has 1 aliphatic rings. The number of rotatable bonds is 6. The fraction of sp³-hybridized carbons (Fsp3) is 0.692. The number of amides is 1. The van der Waals surface area contributed by atoms with E-state index in [0.717, 1.165) is 43.3 Å². The quantitative estimate of drug-likeness (QED) is 0.830. The molecule has 0 bridgehead atoms. The summed E-state index contributed by atoms with van der Waals surface area (Å²) < 4.78 is 10.2. The second-order valence-corrected chi connectivity index (χ2v) is 5.69. The summed E-state index contributed by atoms with van der Waals surface area (Å²) in [6.45, 7) is 4.17. The van der Waals surface area contributed by atoms with Gasteiger partial charge in [-0.15, -0.1) is 11.3 Å². The fourth-order valence-corrected chi connectivity index (χ4v) is 3.13. The van der Waals surface area contributed by atoms with E-state index in [-0.39, 0.29) is 5.91 Å². The first-order chi connectivity index (χ1) is 9.76. The summed E-state index contributed by atoms with van der Waals surface area (Å²) in [6.07, 6.45) is 0.729. The van der Waals surface area contributed by atoms with Crippen LogP contribution in [0.15, 0.2) is 0 Å². The smallest absolute Gasteiger partial charge is 0.266 e. The van der Waals surface area contributed by atoms with Crippen LogP contribution in [-0.2, 0) is 22.5 Å². The van der Waals surface area contributed by atoms with Gasteiger partial charge in [0.05, 0.1) is 23.9 Å². The fourth-order valence-electron chi connectivity index (χ4n) is 2.11. The Morgan fingerprint density at radius 2 is 2.10 bits per heavy atom. The molecule has 1 aromatic heterocycles. The molecule has 1 aromatic rings. The lowest BCUT2D eigenvalue weighted by atomic mass is 10.3. The van der Waals surface area contributed by atoms with E-state index in [4.69, 9.17) is 9.47 Å². The van der Waals surface area contributed by atoms with E-state index in [9.17, 15) is 4.79 Å². The number of hydrogen-bond donors (Lipinski definition) is 1. The Balaban J connectivity index is 2.14. The molecule has 0 unspecified atom stereocenters. The number of carbonyl (C=O) groups excluding carboxylic acids is 1. The van der Waals surface area contributed by atoms with E-state index in [0.29, 0.717) is 18.1 Å². The summed E-state index contributed by atoms with van der Waals surface area (Å²) in [5.41, 5.74) is 0.743. The van der Waals surface area contributed by atoms with Crippen molar-refractivity contribution in [3.8, 4) is 0 Å². The third-order valence-corrected chi connectivity index (χ3v) is 4.29. The number of carbonyl (C=O) groups is 1. The number of piperazine rings is 1. The maximum absolute atomic E-state index is 12.6. The highest BCUT2D eigenvalue weighted by atomic mass is 32.1. The first-order valence-corrected chi connectivity index (χ1v) is 7.54. The molecular formula is C13H21N3O3S. The zero-order valence-corrected chi connectivity index (χ0v) is 12.8. The molecule has 0 spiro atoms. The molecule has 1 fully saturated rings. The van der Waals surface area contributed by atoms with Crippen LogP contribution < -0.4 is 5.32 Å². The van der Waals surface area contributed by atoms with Gasteiger partial charge in [-0.25, -0.2) is 4.98 Å². The first kappa shape index (κ1) is 15.4. The normalized spacial score (nSPS) is 15.6. The van der Waals surface area contributed by atoms with Gasteiger partial charge in [0.15, 0.2) is 0 Å². The summed E-state index contributed by atoms with van der Waals surface area (Å²) in [7, 11) is 3.28. The Labute approximate surface area is 123 Å². The van der Waals surface area contributed by atoms with Crippen molar-refractivity contribution in [3.05, 3.63) is 15.6 Å². The molecule has 1 N–H and O–H groups in total. The van der Waals surface area contributed by atoms with E-state index in [1.165, 1.54) is 11.3 Å².